The van der Waals surface area contributed by atoms with E-state index in [9.17, 15) is 4.79 Å². The van der Waals surface area contributed by atoms with E-state index in [4.69, 9.17) is 4.52 Å². The van der Waals surface area contributed by atoms with Gasteiger partial charge in [-0.05, 0) is 25.8 Å². The molecule has 0 atom stereocenters. The number of carbonyl (C=O) groups is 1. The standard InChI is InChI=1S/C12H14N4O2/c1-7-4-9(18-16-7)6-13-12(17)11-5-10(14-15-11)8-2-3-8/h4-5,8H,2-3,6H2,1H3,(H,13,17)(H,14,15). The van der Waals surface area contributed by atoms with Crippen LogP contribution >= 0.6 is 0 Å². The lowest BCUT2D eigenvalue weighted by Gasteiger charge is -1.98. The van der Waals surface area contributed by atoms with Crippen molar-refractivity contribution in [2.75, 3.05) is 0 Å². The fourth-order valence-electron chi connectivity index (χ4n) is 1.81. The van der Waals surface area contributed by atoms with Crippen molar-refractivity contribution in [2.24, 2.45) is 0 Å². The molecule has 1 saturated carbocycles. The number of aromatic nitrogens is 3. The molecule has 0 bridgehead atoms. The molecular weight excluding hydrogens is 232 g/mol. The van der Waals surface area contributed by atoms with Crippen LogP contribution in [0.15, 0.2) is 16.7 Å². The van der Waals surface area contributed by atoms with E-state index in [-0.39, 0.29) is 5.91 Å². The molecule has 2 aromatic rings. The van der Waals surface area contributed by atoms with Crippen LogP contribution in [-0.2, 0) is 6.54 Å². The second kappa shape index (κ2) is 4.29. The summed E-state index contributed by atoms with van der Waals surface area (Å²) in [5, 5.41) is 13.4. The minimum absolute atomic E-state index is 0.202. The van der Waals surface area contributed by atoms with Crippen LogP contribution in [-0.4, -0.2) is 21.3 Å². The molecule has 1 aliphatic carbocycles. The molecule has 0 saturated heterocycles. The lowest BCUT2D eigenvalue weighted by atomic mass is 10.2. The Morgan fingerprint density at radius 2 is 2.39 bits per heavy atom. The SMILES string of the molecule is Cc1cc(CNC(=O)c2cc(C3CC3)[nH]n2)on1. The molecule has 0 spiro atoms. The summed E-state index contributed by atoms with van der Waals surface area (Å²) in [5.74, 6) is 1.00. The Morgan fingerprint density at radius 3 is 3.06 bits per heavy atom. The predicted molar refractivity (Wildman–Crippen MR) is 63.0 cm³/mol. The fraction of sp³-hybridized carbons (Fsp3) is 0.417. The van der Waals surface area contributed by atoms with Crippen LogP contribution in [0.5, 0.6) is 0 Å². The van der Waals surface area contributed by atoms with Gasteiger partial charge in [-0.1, -0.05) is 5.16 Å². The number of H-pyrrole nitrogens is 1. The van der Waals surface area contributed by atoms with Crippen LogP contribution in [0.4, 0.5) is 0 Å². The van der Waals surface area contributed by atoms with E-state index >= 15 is 0 Å². The molecule has 3 rings (SSSR count). The molecule has 94 valence electrons. The Kier molecular flexibility index (Phi) is 2.62. The first-order chi connectivity index (χ1) is 8.72. The summed E-state index contributed by atoms with van der Waals surface area (Å²) in [6.45, 7) is 2.16. The van der Waals surface area contributed by atoms with Crippen LogP contribution in [0.1, 0.15) is 46.4 Å². The zero-order valence-electron chi connectivity index (χ0n) is 10.1. The van der Waals surface area contributed by atoms with Gasteiger partial charge in [0.05, 0.1) is 12.2 Å². The molecule has 6 nitrogen and oxygen atoms in total. The number of aromatic amines is 1. The lowest BCUT2D eigenvalue weighted by Crippen LogP contribution is -2.22. The minimum atomic E-state index is -0.202. The van der Waals surface area contributed by atoms with Crippen molar-refractivity contribution in [3.63, 3.8) is 0 Å². The smallest absolute Gasteiger partial charge is 0.272 e. The molecule has 2 N–H and O–H groups in total. The highest BCUT2D eigenvalue weighted by Gasteiger charge is 2.26. The first-order valence-electron chi connectivity index (χ1n) is 5.98. The van der Waals surface area contributed by atoms with Crippen molar-refractivity contribution in [3.8, 4) is 0 Å². The van der Waals surface area contributed by atoms with Crippen LogP contribution < -0.4 is 5.32 Å². The van der Waals surface area contributed by atoms with Gasteiger partial charge < -0.3 is 9.84 Å². The molecule has 0 radical (unpaired) electrons. The molecule has 0 aromatic carbocycles. The number of nitrogens with zero attached hydrogens (tertiary/aromatic N) is 2. The third kappa shape index (κ3) is 2.27. The molecule has 2 aromatic heterocycles. The molecule has 18 heavy (non-hydrogen) atoms. The summed E-state index contributed by atoms with van der Waals surface area (Å²) in [7, 11) is 0. The van der Waals surface area contributed by atoms with Crippen molar-refractivity contribution in [3.05, 3.63) is 35.0 Å². The first kappa shape index (κ1) is 11.0. The zero-order chi connectivity index (χ0) is 12.5. The quantitative estimate of drug-likeness (QED) is 0.856. The van der Waals surface area contributed by atoms with Gasteiger partial charge in [-0.25, -0.2) is 0 Å². The van der Waals surface area contributed by atoms with Crippen molar-refractivity contribution in [1.29, 1.82) is 0 Å². The lowest BCUT2D eigenvalue weighted by molar-refractivity contribution is 0.0942. The summed E-state index contributed by atoms with van der Waals surface area (Å²) in [4.78, 5) is 11.8. The largest absolute Gasteiger partial charge is 0.359 e. The van der Waals surface area contributed by atoms with Crippen molar-refractivity contribution >= 4 is 5.91 Å². The molecule has 1 amide bonds. The summed E-state index contributed by atoms with van der Waals surface area (Å²) in [5.41, 5.74) is 2.28. The Morgan fingerprint density at radius 1 is 1.56 bits per heavy atom. The van der Waals surface area contributed by atoms with Gasteiger partial charge in [-0.2, -0.15) is 5.10 Å². The average molecular weight is 246 g/mol. The number of carbonyl (C=O) groups excluding carboxylic acids is 1. The van der Waals surface area contributed by atoms with Gasteiger partial charge in [-0.15, -0.1) is 0 Å². The van der Waals surface area contributed by atoms with Gasteiger partial charge in [0.15, 0.2) is 5.76 Å². The number of amides is 1. The first-order valence-corrected chi connectivity index (χ1v) is 5.98. The van der Waals surface area contributed by atoms with Gasteiger partial charge in [-0.3, -0.25) is 9.89 Å². The van der Waals surface area contributed by atoms with Gasteiger partial charge >= 0.3 is 0 Å². The van der Waals surface area contributed by atoms with E-state index in [2.05, 4.69) is 20.7 Å². The number of nitrogens with one attached hydrogen (secondary N) is 2. The summed E-state index contributed by atoms with van der Waals surface area (Å²) in [6.07, 6.45) is 2.36. The van der Waals surface area contributed by atoms with E-state index < -0.39 is 0 Å². The fourth-order valence-corrected chi connectivity index (χ4v) is 1.81. The van der Waals surface area contributed by atoms with Crippen LogP contribution in [0.2, 0.25) is 0 Å². The van der Waals surface area contributed by atoms with Gasteiger partial charge in [0, 0.05) is 17.7 Å². The number of hydrogen-bond acceptors (Lipinski definition) is 4. The predicted octanol–water partition coefficient (Wildman–Crippen LogP) is 1.51. The zero-order valence-corrected chi connectivity index (χ0v) is 10.1. The number of aryl methyl sites for hydroxylation is 1. The maximum atomic E-state index is 11.8. The summed E-state index contributed by atoms with van der Waals surface area (Å²) < 4.78 is 5.01. The molecule has 2 heterocycles. The monoisotopic (exact) mass is 246 g/mol. The Balaban J connectivity index is 1.59. The highest BCUT2D eigenvalue weighted by Crippen LogP contribution is 2.38. The molecule has 1 aliphatic rings. The van der Waals surface area contributed by atoms with Crippen molar-refractivity contribution in [2.45, 2.75) is 32.2 Å². The molecular formula is C12H14N4O2. The highest BCUT2D eigenvalue weighted by molar-refractivity contribution is 5.92. The third-order valence-corrected chi connectivity index (χ3v) is 2.95. The Bertz CT molecular complexity index is 568. The molecule has 1 fully saturated rings. The maximum Gasteiger partial charge on any atom is 0.272 e. The normalized spacial score (nSPS) is 14.7. The van der Waals surface area contributed by atoms with E-state index in [1.807, 2.05) is 13.0 Å². The highest BCUT2D eigenvalue weighted by atomic mass is 16.5. The number of rotatable bonds is 4. The molecule has 0 unspecified atom stereocenters. The summed E-state index contributed by atoms with van der Waals surface area (Å²) >= 11 is 0. The van der Waals surface area contributed by atoms with Crippen LogP contribution in [0.25, 0.3) is 0 Å². The van der Waals surface area contributed by atoms with E-state index in [1.54, 1.807) is 6.07 Å². The second-order valence-electron chi connectivity index (χ2n) is 4.60. The number of hydrogen-bond donors (Lipinski definition) is 2. The van der Waals surface area contributed by atoms with Gasteiger partial charge in [0.2, 0.25) is 0 Å². The maximum absolute atomic E-state index is 11.8. The molecule has 0 aliphatic heterocycles. The van der Waals surface area contributed by atoms with E-state index in [0.29, 0.717) is 23.9 Å². The van der Waals surface area contributed by atoms with Crippen molar-refractivity contribution < 1.29 is 9.32 Å². The van der Waals surface area contributed by atoms with Crippen LogP contribution in [0.3, 0.4) is 0 Å². The van der Waals surface area contributed by atoms with E-state index in [1.165, 1.54) is 12.8 Å². The Hall–Kier alpha value is -2.11. The molecule has 6 heteroatoms. The topological polar surface area (TPSA) is 83.8 Å². The Labute approximate surface area is 104 Å². The van der Waals surface area contributed by atoms with Crippen molar-refractivity contribution in [1.82, 2.24) is 20.7 Å². The average Bonchev–Trinajstić information content (AvgIpc) is 2.94. The van der Waals surface area contributed by atoms with E-state index in [0.717, 1.165) is 11.4 Å². The third-order valence-electron chi connectivity index (χ3n) is 2.95. The summed E-state index contributed by atoms with van der Waals surface area (Å²) in [6, 6.07) is 3.61. The second-order valence-corrected chi connectivity index (χ2v) is 4.60. The minimum Gasteiger partial charge on any atom is -0.359 e. The van der Waals surface area contributed by atoms with Gasteiger partial charge in [0.1, 0.15) is 5.69 Å². The van der Waals surface area contributed by atoms with Crippen LogP contribution in [0, 0.1) is 6.92 Å². The van der Waals surface area contributed by atoms with Gasteiger partial charge in [0.25, 0.3) is 5.91 Å².